The van der Waals surface area contributed by atoms with Crippen LogP contribution < -0.4 is 21.2 Å². The Labute approximate surface area is 355 Å². The molecular formula is C49H76N3O4P2+. The molecule has 1 N–H and O–H groups in total. The molecule has 0 aromatic heterocycles. The van der Waals surface area contributed by atoms with Crippen molar-refractivity contribution in [3.05, 3.63) is 113 Å². The number of Topliss-reactive ketones (excluding diaryl/α,β-unsaturated/α-hetero) is 1. The number of carbonyl (C=O) groups is 3. The highest BCUT2D eigenvalue weighted by molar-refractivity contribution is 7.96. The van der Waals surface area contributed by atoms with Crippen LogP contribution >= 0.6 is 15.7 Å². The lowest BCUT2D eigenvalue weighted by atomic mass is 10.0. The van der Waals surface area contributed by atoms with Crippen molar-refractivity contribution < 1.29 is 18.9 Å². The first-order chi connectivity index (χ1) is 27.8. The fourth-order valence-corrected chi connectivity index (χ4v) is 11.4. The molecule has 58 heavy (non-hydrogen) atoms. The second kappa shape index (κ2) is 32.4. The van der Waals surface area contributed by atoms with E-state index in [4.69, 9.17) is 9.59 Å². The number of likely N-dealkylation sites (tertiary alicyclic amines) is 2. The average molecular weight is 833 g/mol. The van der Waals surface area contributed by atoms with Gasteiger partial charge in [0.15, 0.2) is 8.46 Å². The van der Waals surface area contributed by atoms with Crippen molar-refractivity contribution in [3.63, 3.8) is 0 Å². The molecule has 3 saturated heterocycles. The van der Waals surface area contributed by atoms with Crippen molar-refractivity contribution in [1.29, 1.82) is 0 Å². The lowest BCUT2D eigenvalue weighted by Gasteiger charge is -2.31. The van der Waals surface area contributed by atoms with E-state index in [9.17, 15) is 9.36 Å². The van der Waals surface area contributed by atoms with Crippen molar-refractivity contribution in [2.24, 2.45) is 0 Å². The van der Waals surface area contributed by atoms with E-state index < -0.39 is 7.26 Å². The number of nitrogens with one attached hydrogen (secondary N) is 1. The van der Waals surface area contributed by atoms with Gasteiger partial charge in [-0.3, -0.25) is 9.36 Å². The summed E-state index contributed by atoms with van der Waals surface area (Å²) in [5, 5.41) is 7.72. The summed E-state index contributed by atoms with van der Waals surface area (Å²) in [6, 6.07) is 33.1. The zero-order chi connectivity index (χ0) is 43.9. The maximum atomic E-state index is 10.6. The van der Waals surface area contributed by atoms with E-state index in [0.717, 1.165) is 25.9 Å². The van der Waals surface area contributed by atoms with Crippen molar-refractivity contribution in [3.8, 4) is 0 Å². The van der Waals surface area contributed by atoms with Gasteiger partial charge in [-0.1, -0.05) is 90.7 Å². The molecule has 320 valence electrons. The summed E-state index contributed by atoms with van der Waals surface area (Å²) in [5.41, 5.74) is 7.26. The maximum Gasteiger partial charge on any atom is 0.158 e. The molecule has 0 bridgehead atoms. The zero-order valence-corrected chi connectivity index (χ0v) is 39.4. The van der Waals surface area contributed by atoms with Gasteiger partial charge in [0.1, 0.15) is 42.5 Å². The van der Waals surface area contributed by atoms with E-state index in [1.54, 1.807) is 11.1 Å². The summed E-state index contributed by atoms with van der Waals surface area (Å²) < 4.78 is 9.60. The van der Waals surface area contributed by atoms with Crippen LogP contribution in [0.2, 0.25) is 0 Å². The fourth-order valence-electron chi connectivity index (χ4n) is 6.82. The molecule has 0 aliphatic carbocycles. The van der Waals surface area contributed by atoms with Crippen LogP contribution in [0, 0.1) is 0 Å². The van der Waals surface area contributed by atoms with Crippen molar-refractivity contribution in [2.75, 3.05) is 53.4 Å². The predicted molar refractivity (Wildman–Crippen MR) is 255 cm³/mol. The third kappa shape index (κ3) is 20.5. The van der Waals surface area contributed by atoms with Crippen LogP contribution in [-0.2, 0) is 18.9 Å². The summed E-state index contributed by atoms with van der Waals surface area (Å²) >= 11 is 0. The van der Waals surface area contributed by atoms with Gasteiger partial charge in [0, 0.05) is 44.7 Å². The fraction of sp³-hybridized carbons (Fsp3) is 0.490. The molecule has 0 unspecified atom stereocenters. The molecule has 0 radical (unpaired) electrons. The first-order valence-corrected chi connectivity index (χ1v) is 23.4. The van der Waals surface area contributed by atoms with Crippen molar-refractivity contribution in [2.45, 2.75) is 105 Å². The normalized spacial score (nSPS) is 15.5. The second-order valence-electron chi connectivity index (χ2n) is 15.6. The van der Waals surface area contributed by atoms with E-state index in [2.05, 4.69) is 155 Å². The lowest BCUT2D eigenvalue weighted by molar-refractivity contribution is -0.121. The van der Waals surface area contributed by atoms with E-state index >= 15 is 0 Å². The first-order valence-electron chi connectivity index (χ1n) is 20.7. The van der Waals surface area contributed by atoms with Crippen LogP contribution in [0.25, 0.3) is 0 Å². The number of piperidine rings is 3. The van der Waals surface area contributed by atoms with Gasteiger partial charge in [-0.15, -0.1) is 0 Å². The van der Waals surface area contributed by atoms with Crippen molar-refractivity contribution in [1.82, 2.24) is 15.1 Å². The van der Waals surface area contributed by atoms with E-state index in [0.29, 0.717) is 17.1 Å². The minimum Gasteiger partial charge on any atom is -0.316 e. The molecular weight excluding hydrogens is 757 g/mol. The molecule has 3 aromatic carbocycles. The Bertz CT molecular complexity index is 1460. The van der Waals surface area contributed by atoms with Crippen LogP contribution in [-0.4, -0.2) is 93.8 Å². The Morgan fingerprint density at radius 2 is 0.862 bits per heavy atom. The molecule has 6 rings (SSSR count). The summed E-state index contributed by atoms with van der Waals surface area (Å²) in [6.07, 6.45) is 6.63. The highest BCUT2D eigenvalue weighted by atomic mass is 31.2. The first kappa shape index (κ1) is 54.6. The Kier molecular flexibility index (Phi) is 30.5. The molecule has 3 heterocycles. The molecule has 9 heteroatoms. The van der Waals surface area contributed by atoms with Gasteiger partial charge < -0.3 is 24.7 Å². The van der Waals surface area contributed by atoms with Gasteiger partial charge >= 0.3 is 0 Å². The standard InChI is InChI=1S/C21H22P.C9H17N.C8H15N.C6H11NO.C3H7OP.2CH2O/c1-18(2)22(19-12-6-3-7-13-19,20-14-8-4-9-15-20)21-16-10-5-11-17-21;1-8(2)9-4-6-10(3)7-5-9;1-7(2)8-3-5-9-6-4-8;1-7-4-2-6(8)3-5-7;1-3(2)5-4;2*1-2/h3-18H,1-2H3;4-7H2,1-3H3;9H,3-6H2,1-2H3;2-5H2,1H3;3H,1-2H3;2*1H2/q+1;;;;;;. The summed E-state index contributed by atoms with van der Waals surface area (Å²) in [5.74, 6) is 0.420. The van der Waals surface area contributed by atoms with Crippen LogP contribution in [0.5, 0.6) is 0 Å². The van der Waals surface area contributed by atoms with Gasteiger partial charge in [-0.2, -0.15) is 0 Å². The van der Waals surface area contributed by atoms with Gasteiger partial charge in [0.05, 0.1) is 5.66 Å². The monoisotopic (exact) mass is 833 g/mol. The van der Waals surface area contributed by atoms with Gasteiger partial charge in [-0.05, 0) is 131 Å². The molecule has 3 aromatic rings. The highest BCUT2D eigenvalue weighted by Gasteiger charge is 2.48. The molecule has 0 spiro atoms. The van der Waals surface area contributed by atoms with Crippen LogP contribution in [0.15, 0.2) is 113 Å². The van der Waals surface area contributed by atoms with E-state index in [1.165, 1.54) is 78.9 Å². The van der Waals surface area contributed by atoms with Crippen LogP contribution in [0.3, 0.4) is 0 Å². The number of ketones is 1. The number of rotatable bonds is 5. The minimum atomic E-state index is -1.63. The summed E-state index contributed by atoms with van der Waals surface area (Å²) in [6.45, 7) is 28.2. The Hall–Kier alpha value is -3.44. The van der Waals surface area contributed by atoms with Gasteiger partial charge in [0.25, 0.3) is 0 Å². The Balaban J connectivity index is 0.000000758. The second-order valence-corrected chi connectivity index (χ2v) is 20.9. The molecule has 3 fully saturated rings. The van der Waals surface area contributed by atoms with Gasteiger partial charge in [-0.25, -0.2) is 0 Å². The summed E-state index contributed by atoms with van der Waals surface area (Å²) in [7, 11) is 2.87. The SMILES string of the molecule is C=O.C=O.CC(C)=C1CCN(C)CC1.CC(C)=C1CCNCC1.CC(C)P=O.CC(C)[P+](c1ccccc1)(c1ccccc1)c1ccccc1.CN1CCC(=O)CC1. The molecule has 3 aliphatic heterocycles. The summed E-state index contributed by atoms with van der Waals surface area (Å²) in [4.78, 5) is 31.2. The zero-order valence-electron chi connectivity index (χ0n) is 37.6. The number of benzene rings is 3. The quantitative estimate of drug-likeness (QED) is 0.203. The van der Waals surface area contributed by atoms with E-state index in [-0.39, 0.29) is 8.46 Å². The van der Waals surface area contributed by atoms with Gasteiger partial charge in [0.2, 0.25) is 0 Å². The average Bonchev–Trinajstić information content (AvgIpc) is 3.26. The molecule has 0 atom stereocenters. The number of carbonyl (C=O) groups excluding carboxylic acids is 3. The van der Waals surface area contributed by atoms with Crippen molar-refractivity contribution >= 4 is 51.0 Å². The Morgan fingerprint density at radius 1 is 0.569 bits per heavy atom. The molecule has 0 amide bonds. The smallest absolute Gasteiger partial charge is 0.158 e. The number of allylic oxidation sites excluding steroid dienone is 2. The highest BCUT2D eigenvalue weighted by Crippen LogP contribution is 2.59. The molecule has 3 aliphatic rings. The topological polar surface area (TPSA) is 86.8 Å². The van der Waals surface area contributed by atoms with E-state index in [1.807, 2.05) is 34.5 Å². The molecule has 0 saturated carbocycles. The number of hydrogen-bond acceptors (Lipinski definition) is 7. The third-order valence-corrected chi connectivity index (χ3v) is 15.5. The third-order valence-electron chi connectivity index (χ3n) is 10.2. The largest absolute Gasteiger partial charge is 0.316 e. The minimum absolute atomic E-state index is 0.247. The lowest BCUT2D eigenvalue weighted by Crippen LogP contribution is -2.36. The van der Waals surface area contributed by atoms with Crippen LogP contribution in [0.1, 0.15) is 93.9 Å². The Morgan fingerprint density at radius 3 is 1.10 bits per heavy atom. The maximum absolute atomic E-state index is 10.6. The number of nitrogens with zero attached hydrogens (tertiary/aromatic N) is 2. The molecule has 7 nitrogen and oxygen atoms in total. The van der Waals surface area contributed by atoms with Crippen LogP contribution in [0.4, 0.5) is 0 Å². The predicted octanol–water partition coefficient (Wildman–Crippen LogP) is 9.74. The number of hydrogen-bond donors (Lipinski definition) is 1.